The number of nitrogens with two attached hydrogens (primary N) is 1. The summed E-state index contributed by atoms with van der Waals surface area (Å²) in [4.78, 5) is 17.8. The fraction of sp³-hybridized carbons (Fsp3) is 0.231. The first kappa shape index (κ1) is 13.7. The van der Waals surface area contributed by atoms with Crippen LogP contribution in [0.15, 0.2) is 12.1 Å². The number of nitrogens with one attached hydrogen (secondary N) is 1. The van der Waals surface area contributed by atoms with Crippen LogP contribution in [0.25, 0.3) is 0 Å². The molecular weight excluding hydrogens is 317 g/mol. The SMILES string of the molecule is Nc1cc(C(=O)Nc2nc3c(s2)CCC3)cc(Cl)c1Cl. The zero-order valence-corrected chi connectivity index (χ0v) is 12.7. The van der Waals surface area contributed by atoms with Crippen LogP contribution in [0.4, 0.5) is 10.8 Å². The minimum atomic E-state index is -0.289. The van der Waals surface area contributed by atoms with E-state index in [1.165, 1.54) is 28.3 Å². The summed E-state index contributed by atoms with van der Waals surface area (Å²) in [5.74, 6) is -0.289. The lowest BCUT2D eigenvalue weighted by molar-refractivity contribution is 0.102. The Balaban J connectivity index is 1.82. The Hall–Kier alpha value is -1.30. The summed E-state index contributed by atoms with van der Waals surface area (Å²) >= 11 is 13.3. The minimum absolute atomic E-state index is 0.261. The molecule has 7 heteroatoms. The van der Waals surface area contributed by atoms with Gasteiger partial charge >= 0.3 is 0 Å². The Labute approximate surface area is 129 Å². The van der Waals surface area contributed by atoms with Crippen molar-refractivity contribution in [1.82, 2.24) is 4.98 Å². The third kappa shape index (κ3) is 2.49. The van der Waals surface area contributed by atoms with Crippen LogP contribution in [0, 0.1) is 0 Å². The number of rotatable bonds is 2. The number of aryl methyl sites for hydroxylation is 2. The van der Waals surface area contributed by atoms with Crippen molar-refractivity contribution in [2.45, 2.75) is 19.3 Å². The maximum atomic E-state index is 12.2. The molecule has 1 amide bonds. The van der Waals surface area contributed by atoms with Crippen molar-refractivity contribution in [2.75, 3.05) is 11.1 Å². The van der Waals surface area contributed by atoms with Crippen molar-refractivity contribution < 1.29 is 4.79 Å². The molecule has 0 atom stereocenters. The van der Waals surface area contributed by atoms with E-state index in [1.807, 2.05) is 0 Å². The number of nitrogens with zero attached hydrogens (tertiary/aromatic N) is 1. The molecule has 0 unspecified atom stereocenters. The van der Waals surface area contributed by atoms with Gasteiger partial charge in [-0.15, -0.1) is 11.3 Å². The van der Waals surface area contributed by atoms with Crippen molar-refractivity contribution in [2.24, 2.45) is 0 Å². The number of thiazole rings is 1. The lowest BCUT2D eigenvalue weighted by Crippen LogP contribution is -2.12. The third-order valence-electron chi connectivity index (χ3n) is 3.13. The van der Waals surface area contributed by atoms with Crippen molar-refractivity contribution in [3.63, 3.8) is 0 Å². The highest BCUT2D eigenvalue weighted by Gasteiger charge is 2.18. The predicted molar refractivity (Wildman–Crippen MR) is 83.0 cm³/mol. The predicted octanol–water partition coefficient (Wildman–Crippen LogP) is 3.77. The Morgan fingerprint density at radius 2 is 2.15 bits per heavy atom. The van der Waals surface area contributed by atoms with Crippen LogP contribution in [0.2, 0.25) is 10.0 Å². The van der Waals surface area contributed by atoms with E-state index in [2.05, 4.69) is 10.3 Å². The second kappa shape index (κ2) is 5.24. The quantitative estimate of drug-likeness (QED) is 0.825. The maximum absolute atomic E-state index is 12.2. The van der Waals surface area contributed by atoms with E-state index >= 15 is 0 Å². The molecule has 1 aliphatic rings. The molecule has 0 saturated heterocycles. The maximum Gasteiger partial charge on any atom is 0.257 e. The number of hydrogen-bond donors (Lipinski definition) is 2. The number of halogens is 2. The summed E-state index contributed by atoms with van der Waals surface area (Å²) < 4.78 is 0. The summed E-state index contributed by atoms with van der Waals surface area (Å²) in [5, 5.41) is 3.91. The lowest BCUT2D eigenvalue weighted by Gasteiger charge is -2.06. The monoisotopic (exact) mass is 327 g/mol. The Morgan fingerprint density at radius 3 is 2.85 bits per heavy atom. The molecule has 0 radical (unpaired) electrons. The van der Waals surface area contributed by atoms with E-state index in [4.69, 9.17) is 28.9 Å². The molecule has 1 aliphatic carbocycles. The molecule has 0 aliphatic heterocycles. The van der Waals surface area contributed by atoms with Crippen LogP contribution in [0.3, 0.4) is 0 Å². The average Bonchev–Trinajstić information content (AvgIpc) is 2.96. The number of fused-ring (bicyclic) bond motifs is 1. The van der Waals surface area contributed by atoms with Crippen LogP contribution < -0.4 is 11.1 Å². The van der Waals surface area contributed by atoms with E-state index in [9.17, 15) is 4.79 Å². The van der Waals surface area contributed by atoms with Gasteiger partial charge in [0.15, 0.2) is 5.13 Å². The van der Waals surface area contributed by atoms with Gasteiger partial charge in [0, 0.05) is 10.4 Å². The number of carbonyl (C=O) groups excluding carboxylic acids is 1. The standard InChI is InChI=1S/C13H11Cl2N3OS/c14-7-4-6(5-8(16)11(7)15)12(19)18-13-17-9-2-1-3-10(9)20-13/h4-5H,1-3,16H2,(H,17,18,19). The van der Waals surface area contributed by atoms with Crippen LogP contribution in [-0.4, -0.2) is 10.9 Å². The normalized spacial score (nSPS) is 13.3. The zero-order valence-electron chi connectivity index (χ0n) is 10.4. The van der Waals surface area contributed by atoms with Crippen LogP contribution in [0.1, 0.15) is 27.3 Å². The van der Waals surface area contributed by atoms with Crippen molar-refractivity contribution in [1.29, 1.82) is 0 Å². The first-order valence-electron chi connectivity index (χ1n) is 6.09. The molecule has 0 saturated carbocycles. The number of aromatic nitrogens is 1. The van der Waals surface area contributed by atoms with Gasteiger partial charge in [0.1, 0.15) is 0 Å². The first-order valence-corrected chi connectivity index (χ1v) is 7.66. The van der Waals surface area contributed by atoms with Crippen LogP contribution in [-0.2, 0) is 12.8 Å². The second-order valence-electron chi connectivity index (χ2n) is 4.56. The fourth-order valence-electron chi connectivity index (χ4n) is 2.15. The van der Waals surface area contributed by atoms with Crippen LogP contribution >= 0.6 is 34.5 Å². The first-order chi connectivity index (χ1) is 9.54. The molecule has 4 nitrogen and oxygen atoms in total. The number of nitrogen functional groups attached to an aromatic ring is 1. The lowest BCUT2D eigenvalue weighted by atomic mass is 10.2. The van der Waals surface area contributed by atoms with E-state index in [-0.39, 0.29) is 21.6 Å². The van der Waals surface area contributed by atoms with E-state index < -0.39 is 0 Å². The molecule has 0 spiro atoms. The van der Waals surface area contributed by atoms with Gasteiger partial charge in [-0.25, -0.2) is 4.98 Å². The van der Waals surface area contributed by atoms with Crippen molar-refractivity contribution in [3.8, 4) is 0 Å². The molecule has 1 aromatic carbocycles. The number of carbonyl (C=O) groups is 1. The Bertz CT molecular complexity index is 654. The Morgan fingerprint density at radius 1 is 1.35 bits per heavy atom. The topological polar surface area (TPSA) is 68.0 Å². The van der Waals surface area contributed by atoms with E-state index in [1.54, 1.807) is 0 Å². The van der Waals surface area contributed by atoms with Crippen molar-refractivity contribution >= 4 is 51.3 Å². The van der Waals surface area contributed by atoms with Gasteiger partial charge in [-0.1, -0.05) is 23.2 Å². The number of benzene rings is 1. The summed E-state index contributed by atoms with van der Waals surface area (Å²) in [6, 6.07) is 3.00. The van der Waals surface area contributed by atoms with Gasteiger partial charge in [0.25, 0.3) is 5.91 Å². The molecular formula is C13H11Cl2N3OS. The second-order valence-corrected chi connectivity index (χ2v) is 6.43. The molecule has 2 aromatic rings. The van der Waals surface area contributed by atoms with Gasteiger partial charge in [-0.2, -0.15) is 0 Å². The molecule has 1 heterocycles. The number of amides is 1. The van der Waals surface area contributed by atoms with E-state index in [0.29, 0.717) is 10.7 Å². The third-order valence-corrected chi connectivity index (χ3v) is 5.02. The van der Waals surface area contributed by atoms with Gasteiger partial charge in [0.05, 0.1) is 21.4 Å². The molecule has 104 valence electrons. The minimum Gasteiger partial charge on any atom is -0.397 e. The Kier molecular flexibility index (Phi) is 3.58. The average molecular weight is 328 g/mol. The molecule has 1 aromatic heterocycles. The van der Waals surface area contributed by atoms with Gasteiger partial charge in [-0.05, 0) is 31.4 Å². The molecule has 0 fully saturated rings. The summed E-state index contributed by atoms with van der Waals surface area (Å²) in [5.41, 5.74) is 7.45. The fourth-order valence-corrected chi connectivity index (χ4v) is 3.54. The highest BCUT2D eigenvalue weighted by molar-refractivity contribution is 7.16. The number of anilines is 2. The molecule has 0 bridgehead atoms. The summed E-state index contributed by atoms with van der Waals surface area (Å²) in [7, 11) is 0. The van der Waals surface area contributed by atoms with Crippen molar-refractivity contribution in [3.05, 3.63) is 38.3 Å². The van der Waals surface area contributed by atoms with Gasteiger partial charge < -0.3 is 5.73 Å². The zero-order chi connectivity index (χ0) is 14.3. The number of hydrogen-bond acceptors (Lipinski definition) is 4. The van der Waals surface area contributed by atoms with Crippen LogP contribution in [0.5, 0.6) is 0 Å². The summed E-state index contributed by atoms with van der Waals surface area (Å²) in [6.07, 6.45) is 3.18. The largest absolute Gasteiger partial charge is 0.397 e. The molecule has 3 rings (SSSR count). The summed E-state index contributed by atoms with van der Waals surface area (Å²) in [6.45, 7) is 0. The van der Waals surface area contributed by atoms with Gasteiger partial charge in [-0.3, -0.25) is 10.1 Å². The highest BCUT2D eigenvalue weighted by Crippen LogP contribution is 2.32. The van der Waals surface area contributed by atoms with Gasteiger partial charge in [0.2, 0.25) is 0 Å². The highest BCUT2D eigenvalue weighted by atomic mass is 35.5. The van der Waals surface area contributed by atoms with E-state index in [0.717, 1.165) is 25.0 Å². The smallest absolute Gasteiger partial charge is 0.257 e. The molecule has 3 N–H and O–H groups in total. The molecule has 20 heavy (non-hydrogen) atoms.